The van der Waals surface area contributed by atoms with Crippen molar-refractivity contribution in [3.63, 3.8) is 0 Å². The Bertz CT molecular complexity index is 1110. The third kappa shape index (κ3) is 4.14. The van der Waals surface area contributed by atoms with Gasteiger partial charge in [-0.25, -0.2) is 4.90 Å². The number of anilines is 2. The number of aryl methyl sites for hydroxylation is 1. The molecule has 3 aromatic carbocycles. The molecule has 6 heteroatoms. The highest BCUT2D eigenvalue weighted by Crippen LogP contribution is 2.29. The molecule has 150 valence electrons. The highest BCUT2D eigenvalue weighted by molar-refractivity contribution is 7.99. The summed E-state index contributed by atoms with van der Waals surface area (Å²) >= 11 is 1.53. The van der Waals surface area contributed by atoms with Crippen LogP contribution in [0.4, 0.5) is 11.4 Å². The van der Waals surface area contributed by atoms with Gasteiger partial charge in [0, 0.05) is 11.4 Å². The molecule has 0 aliphatic carbocycles. The molecule has 1 heterocycles. The van der Waals surface area contributed by atoms with Crippen LogP contribution in [0.2, 0.25) is 0 Å². The summed E-state index contributed by atoms with van der Waals surface area (Å²) in [5.41, 5.74) is 4.15. The largest absolute Gasteiger partial charge is 0.325 e. The maximum Gasteiger partial charge on any atom is 0.266 e. The molecule has 0 spiro atoms. The topological polar surface area (TPSA) is 66.5 Å². The van der Waals surface area contributed by atoms with Crippen LogP contribution in [0.3, 0.4) is 0 Å². The Hall–Kier alpha value is -3.38. The fourth-order valence-electron chi connectivity index (χ4n) is 3.41. The summed E-state index contributed by atoms with van der Waals surface area (Å²) in [6.45, 7) is 2.04. The highest BCUT2D eigenvalue weighted by atomic mass is 32.2. The van der Waals surface area contributed by atoms with E-state index in [1.807, 2.05) is 25.1 Å². The summed E-state index contributed by atoms with van der Waals surface area (Å²) in [6, 6.07) is 21.8. The van der Waals surface area contributed by atoms with Crippen molar-refractivity contribution in [2.24, 2.45) is 0 Å². The molecule has 5 nitrogen and oxygen atoms in total. The molecule has 4 rings (SSSR count). The first-order chi connectivity index (χ1) is 14.5. The lowest BCUT2D eigenvalue weighted by molar-refractivity contribution is -0.113. The summed E-state index contributed by atoms with van der Waals surface area (Å²) in [4.78, 5) is 38.8. The van der Waals surface area contributed by atoms with E-state index < -0.39 is 0 Å². The molecule has 0 radical (unpaired) electrons. The van der Waals surface area contributed by atoms with Crippen LogP contribution in [0, 0.1) is 6.92 Å². The number of carbonyl (C=O) groups is 3. The van der Waals surface area contributed by atoms with Gasteiger partial charge in [-0.1, -0.05) is 48.0 Å². The van der Waals surface area contributed by atoms with Gasteiger partial charge in [0.2, 0.25) is 5.91 Å². The number of thioether (sulfide) groups is 1. The molecule has 0 saturated carbocycles. The number of hydrogen-bond donors (Lipinski definition) is 1. The molecule has 0 aromatic heterocycles. The van der Waals surface area contributed by atoms with Gasteiger partial charge in [-0.05, 0) is 42.8 Å². The monoisotopic (exact) mass is 416 g/mol. The van der Waals surface area contributed by atoms with Crippen molar-refractivity contribution in [2.45, 2.75) is 12.7 Å². The van der Waals surface area contributed by atoms with Crippen LogP contribution in [0.15, 0.2) is 72.8 Å². The fraction of sp³-hybridized carbons (Fsp3) is 0.125. The van der Waals surface area contributed by atoms with Crippen LogP contribution >= 0.6 is 11.8 Å². The molecular formula is C24H20N2O3S. The van der Waals surface area contributed by atoms with E-state index in [2.05, 4.69) is 11.4 Å². The second-order valence-corrected chi connectivity index (χ2v) is 8.06. The zero-order valence-electron chi connectivity index (χ0n) is 16.4. The predicted molar refractivity (Wildman–Crippen MR) is 120 cm³/mol. The van der Waals surface area contributed by atoms with E-state index in [0.717, 1.165) is 10.7 Å². The van der Waals surface area contributed by atoms with Gasteiger partial charge in [0.15, 0.2) is 0 Å². The van der Waals surface area contributed by atoms with Crippen molar-refractivity contribution in [1.82, 2.24) is 0 Å². The van der Waals surface area contributed by atoms with E-state index in [4.69, 9.17) is 0 Å². The van der Waals surface area contributed by atoms with Crippen LogP contribution in [0.1, 0.15) is 31.8 Å². The van der Waals surface area contributed by atoms with Crippen molar-refractivity contribution >= 4 is 40.9 Å². The molecule has 30 heavy (non-hydrogen) atoms. The van der Waals surface area contributed by atoms with Crippen molar-refractivity contribution in [3.05, 3.63) is 95.1 Å². The van der Waals surface area contributed by atoms with E-state index in [9.17, 15) is 14.4 Å². The number of carbonyl (C=O) groups excluding carboxylic acids is 3. The number of nitrogens with zero attached hydrogens (tertiary/aromatic N) is 1. The van der Waals surface area contributed by atoms with Crippen LogP contribution in [-0.4, -0.2) is 23.5 Å². The van der Waals surface area contributed by atoms with Gasteiger partial charge in [0.25, 0.3) is 11.8 Å². The summed E-state index contributed by atoms with van der Waals surface area (Å²) in [5.74, 6) is 0.225. The fourth-order valence-corrected chi connectivity index (χ4v) is 4.18. The first kappa shape index (κ1) is 19.9. The van der Waals surface area contributed by atoms with Gasteiger partial charge in [-0.15, -0.1) is 11.8 Å². The molecule has 0 fully saturated rings. The first-order valence-electron chi connectivity index (χ1n) is 9.54. The lowest BCUT2D eigenvalue weighted by Gasteiger charge is -2.15. The van der Waals surface area contributed by atoms with Gasteiger partial charge in [-0.2, -0.15) is 0 Å². The number of hydrogen-bond acceptors (Lipinski definition) is 4. The van der Waals surface area contributed by atoms with Gasteiger partial charge in [-0.3, -0.25) is 14.4 Å². The second-order valence-electron chi connectivity index (χ2n) is 7.07. The molecule has 0 bridgehead atoms. The number of nitrogens with one attached hydrogen (secondary N) is 1. The third-order valence-electron chi connectivity index (χ3n) is 4.77. The van der Waals surface area contributed by atoms with E-state index in [-0.39, 0.29) is 17.7 Å². The average Bonchev–Trinajstić information content (AvgIpc) is 2.99. The standard InChI is InChI=1S/C24H20N2O3S/c1-16-6-4-7-17(12-16)14-30-15-22(27)25-18-8-5-9-19(13-18)26-23(28)20-10-2-3-11-21(20)24(26)29/h2-13H,14-15H2,1H3,(H,25,27). The van der Waals surface area contributed by atoms with Crippen molar-refractivity contribution in [1.29, 1.82) is 0 Å². The Balaban J connectivity index is 1.40. The summed E-state index contributed by atoms with van der Waals surface area (Å²) < 4.78 is 0. The molecule has 3 amide bonds. The molecular weight excluding hydrogens is 396 g/mol. The van der Waals surface area contributed by atoms with E-state index in [0.29, 0.717) is 28.3 Å². The number of benzene rings is 3. The average molecular weight is 417 g/mol. The second kappa shape index (κ2) is 8.55. The normalized spacial score (nSPS) is 12.8. The smallest absolute Gasteiger partial charge is 0.266 e. The minimum atomic E-state index is -0.354. The SMILES string of the molecule is Cc1cccc(CSCC(=O)Nc2cccc(N3C(=O)c4ccccc4C3=O)c2)c1. The maximum atomic E-state index is 12.7. The lowest BCUT2D eigenvalue weighted by atomic mass is 10.1. The number of rotatable bonds is 6. The van der Waals surface area contributed by atoms with Crippen molar-refractivity contribution in [3.8, 4) is 0 Å². The van der Waals surface area contributed by atoms with Gasteiger partial charge >= 0.3 is 0 Å². The summed E-state index contributed by atoms with van der Waals surface area (Å²) in [7, 11) is 0. The van der Waals surface area contributed by atoms with Gasteiger partial charge in [0.1, 0.15) is 0 Å². The Labute approximate surface area is 179 Å². The minimum absolute atomic E-state index is 0.132. The van der Waals surface area contributed by atoms with Crippen LogP contribution < -0.4 is 10.2 Å². The lowest BCUT2D eigenvalue weighted by Crippen LogP contribution is -2.29. The maximum absolute atomic E-state index is 12.7. The molecule has 0 unspecified atom stereocenters. The van der Waals surface area contributed by atoms with Gasteiger partial charge in [0.05, 0.1) is 22.6 Å². The third-order valence-corrected chi connectivity index (χ3v) is 5.77. The molecule has 3 aromatic rings. The predicted octanol–water partition coefficient (Wildman–Crippen LogP) is 4.67. The zero-order valence-corrected chi connectivity index (χ0v) is 17.2. The molecule has 1 aliphatic rings. The summed E-state index contributed by atoms with van der Waals surface area (Å²) in [5, 5.41) is 2.85. The molecule has 0 atom stereocenters. The Morgan fingerprint density at radius 3 is 2.30 bits per heavy atom. The van der Waals surface area contributed by atoms with Gasteiger partial charge < -0.3 is 5.32 Å². The highest BCUT2D eigenvalue weighted by Gasteiger charge is 2.36. The van der Waals surface area contributed by atoms with Crippen LogP contribution in [-0.2, 0) is 10.5 Å². The molecule has 1 N–H and O–H groups in total. The molecule has 1 aliphatic heterocycles. The van der Waals surface area contributed by atoms with E-state index in [1.165, 1.54) is 22.9 Å². The van der Waals surface area contributed by atoms with Crippen LogP contribution in [0.25, 0.3) is 0 Å². The van der Waals surface area contributed by atoms with Crippen molar-refractivity contribution < 1.29 is 14.4 Å². The quantitative estimate of drug-likeness (QED) is 0.593. The first-order valence-corrected chi connectivity index (χ1v) is 10.7. The number of imide groups is 1. The minimum Gasteiger partial charge on any atom is -0.325 e. The zero-order chi connectivity index (χ0) is 21.1. The van der Waals surface area contributed by atoms with E-state index >= 15 is 0 Å². The summed E-state index contributed by atoms with van der Waals surface area (Å²) in [6.07, 6.45) is 0. The Morgan fingerprint density at radius 1 is 0.900 bits per heavy atom. The van der Waals surface area contributed by atoms with Crippen LogP contribution in [0.5, 0.6) is 0 Å². The Kier molecular flexibility index (Phi) is 5.68. The molecule has 0 saturated heterocycles. The number of amides is 3. The Morgan fingerprint density at radius 2 is 1.60 bits per heavy atom. The number of fused-ring (bicyclic) bond motifs is 1. The van der Waals surface area contributed by atoms with Crippen molar-refractivity contribution in [2.75, 3.05) is 16.0 Å². The van der Waals surface area contributed by atoms with E-state index in [1.54, 1.807) is 48.5 Å².